The van der Waals surface area contributed by atoms with Crippen LogP contribution in [0.5, 0.6) is 6.01 Å². The Labute approximate surface area is 270 Å². The van der Waals surface area contributed by atoms with Crippen molar-refractivity contribution in [3.63, 3.8) is 0 Å². The number of piperazine rings is 1. The van der Waals surface area contributed by atoms with Gasteiger partial charge in [-0.25, -0.2) is 20.3 Å². The normalized spacial score (nSPS) is 19.4. The number of amides is 1. The summed E-state index contributed by atoms with van der Waals surface area (Å²) in [7, 11) is 0. The standard InChI is InChI=1S/C34H32ClF2N7O2/c1-21(36)32(45)44-17-16-42(19-23(44)18-38-2)31-25-9-11-27(24-7-3-6-22-8-10-26(37)29(35)28(22)24)39-30(25)40-33(41-31)46-20-34-12-4-14-43(34)15-5-13-34/h3,6-11,23H,1,4-5,12-20H2/t23-/m0/s1. The molecule has 0 unspecified atom stereocenters. The first-order chi connectivity index (χ1) is 22.3. The van der Waals surface area contributed by atoms with Crippen LogP contribution in [0.2, 0.25) is 5.02 Å². The fourth-order valence-electron chi connectivity index (χ4n) is 7.35. The van der Waals surface area contributed by atoms with Crippen molar-refractivity contribution >= 4 is 45.1 Å². The van der Waals surface area contributed by atoms with Crippen LogP contribution >= 0.6 is 11.6 Å². The van der Waals surface area contributed by atoms with E-state index in [0.717, 1.165) is 44.2 Å². The van der Waals surface area contributed by atoms with E-state index in [1.165, 1.54) is 11.0 Å². The second kappa shape index (κ2) is 12.1. The zero-order valence-corrected chi connectivity index (χ0v) is 25.9. The number of carbonyl (C=O) groups excluding carboxylic acids is 1. The van der Waals surface area contributed by atoms with Crippen molar-refractivity contribution in [3.05, 3.63) is 77.1 Å². The Hall–Kier alpha value is -4.40. The summed E-state index contributed by atoms with van der Waals surface area (Å²) in [4.78, 5) is 36.4. The van der Waals surface area contributed by atoms with E-state index in [2.05, 4.69) is 16.3 Å². The van der Waals surface area contributed by atoms with Crippen LogP contribution < -0.4 is 9.64 Å². The molecule has 0 N–H and O–H groups in total. The highest BCUT2D eigenvalue weighted by Crippen LogP contribution is 2.40. The molecular formula is C34H32ClF2N7O2. The first-order valence-corrected chi connectivity index (χ1v) is 15.8. The minimum absolute atomic E-state index is 0.00104. The molecule has 7 rings (SSSR count). The monoisotopic (exact) mass is 643 g/mol. The maximum Gasteiger partial charge on any atom is 0.320 e. The first-order valence-electron chi connectivity index (χ1n) is 15.5. The number of anilines is 1. The van der Waals surface area contributed by atoms with E-state index in [0.29, 0.717) is 46.6 Å². The number of pyridine rings is 1. The topological polar surface area (TPSA) is 79.1 Å². The molecule has 5 heterocycles. The van der Waals surface area contributed by atoms with Crippen molar-refractivity contribution in [2.75, 3.05) is 50.8 Å². The highest BCUT2D eigenvalue weighted by atomic mass is 35.5. The predicted octanol–water partition coefficient (Wildman–Crippen LogP) is 6.06. The van der Waals surface area contributed by atoms with Crippen molar-refractivity contribution in [1.29, 1.82) is 0 Å². The molecule has 3 aliphatic rings. The van der Waals surface area contributed by atoms with Crippen molar-refractivity contribution in [1.82, 2.24) is 24.8 Å². The Morgan fingerprint density at radius 1 is 1.09 bits per heavy atom. The Morgan fingerprint density at radius 2 is 1.89 bits per heavy atom. The van der Waals surface area contributed by atoms with Gasteiger partial charge >= 0.3 is 6.01 Å². The molecule has 0 saturated carbocycles. The van der Waals surface area contributed by atoms with Crippen LogP contribution in [0.15, 0.2) is 54.9 Å². The molecule has 1 atom stereocenters. The average molecular weight is 644 g/mol. The molecule has 3 saturated heterocycles. The Balaban J connectivity index is 1.30. The van der Waals surface area contributed by atoms with Crippen LogP contribution in [0.25, 0.3) is 37.9 Å². The summed E-state index contributed by atoms with van der Waals surface area (Å²) in [5, 5.41) is 2.00. The molecule has 4 aromatic rings. The summed E-state index contributed by atoms with van der Waals surface area (Å²) in [5.41, 5.74) is 1.57. The number of halogens is 3. The molecule has 0 bridgehead atoms. The number of carbonyl (C=O) groups is 1. The van der Waals surface area contributed by atoms with Crippen LogP contribution in [0.3, 0.4) is 0 Å². The van der Waals surface area contributed by atoms with E-state index < -0.39 is 23.6 Å². The zero-order valence-electron chi connectivity index (χ0n) is 25.2. The van der Waals surface area contributed by atoms with Crippen LogP contribution in [0.4, 0.5) is 14.6 Å². The maximum absolute atomic E-state index is 14.6. The number of aromatic nitrogens is 3. The van der Waals surface area contributed by atoms with Gasteiger partial charge in [0.1, 0.15) is 24.3 Å². The SMILES string of the molecule is [C-]#[N+]C[C@H]1CN(c2nc(OCC34CCCN3CCC4)nc3nc(-c4cccc5ccc(F)c(Cl)c45)ccc23)CCN1C(=O)C(=C)F. The second-order valence-corrected chi connectivity index (χ2v) is 12.6. The van der Waals surface area contributed by atoms with Gasteiger partial charge in [0.25, 0.3) is 5.91 Å². The maximum atomic E-state index is 14.6. The quantitative estimate of drug-likeness (QED) is 0.179. The van der Waals surface area contributed by atoms with Crippen molar-refractivity contribution in [2.45, 2.75) is 37.3 Å². The lowest BCUT2D eigenvalue weighted by molar-refractivity contribution is -0.131. The smallest absolute Gasteiger partial charge is 0.320 e. The number of fused-ring (bicyclic) bond motifs is 3. The fourth-order valence-corrected chi connectivity index (χ4v) is 7.62. The van der Waals surface area contributed by atoms with Gasteiger partial charge in [-0.2, -0.15) is 9.97 Å². The molecular weight excluding hydrogens is 612 g/mol. The van der Waals surface area contributed by atoms with Crippen molar-refractivity contribution in [3.8, 4) is 17.3 Å². The van der Waals surface area contributed by atoms with Gasteiger partial charge in [-0.05, 0) is 62.4 Å². The molecule has 9 nitrogen and oxygen atoms in total. The van der Waals surface area contributed by atoms with E-state index in [1.807, 2.05) is 35.2 Å². The molecule has 0 spiro atoms. The molecule has 0 aliphatic carbocycles. The molecule has 12 heteroatoms. The summed E-state index contributed by atoms with van der Waals surface area (Å²) >= 11 is 6.45. The number of benzene rings is 2. The lowest BCUT2D eigenvalue weighted by atomic mass is 9.95. The van der Waals surface area contributed by atoms with Gasteiger partial charge in [-0.15, -0.1) is 0 Å². The van der Waals surface area contributed by atoms with Gasteiger partial charge in [-0.1, -0.05) is 42.4 Å². The summed E-state index contributed by atoms with van der Waals surface area (Å²) in [5.74, 6) is -1.82. The Kier molecular flexibility index (Phi) is 7.95. The third-order valence-corrected chi connectivity index (χ3v) is 9.96. The number of hydrogen-bond acceptors (Lipinski definition) is 7. The van der Waals surface area contributed by atoms with Crippen LogP contribution in [0.1, 0.15) is 25.7 Å². The molecule has 1 amide bonds. The number of ether oxygens (including phenoxy) is 1. The largest absolute Gasteiger partial charge is 0.461 e. The predicted molar refractivity (Wildman–Crippen MR) is 173 cm³/mol. The molecule has 236 valence electrons. The summed E-state index contributed by atoms with van der Waals surface area (Å²) < 4.78 is 34.8. The second-order valence-electron chi connectivity index (χ2n) is 12.2. The summed E-state index contributed by atoms with van der Waals surface area (Å²) in [6, 6.07) is 11.9. The molecule has 3 aliphatic heterocycles. The van der Waals surface area contributed by atoms with Gasteiger partial charge in [-0.3, -0.25) is 9.69 Å². The van der Waals surface area contributed by atoms with Gasteiger partial charge < -0.3 is 19.4 Å². The zero-order chi connectivity index (χ0) is 32.0. The van der Waals surface area contributed by atoms with Gasteiger partial charge in [0.05, 0.1) is 21.6 Å². The van der Waals surface area contributed by atoms with E-state index in [4.69, 9.17) is 37.9 Å². The number of rotatable bonds is 7. The lowest BCUT2D eigenvalue weighted by Gasteiger charge is -2.39. The van der Waals surface area contributed by atoms with E-state index in [9.17, 15) is 13.6 Å². The number of nitrogens with zero attached hydrogens (tertiary/aromatic N) is 7. The molecule has 0 radical (unpaired) electrons. The molecule has 3 fully saturated rings. The Morgan fingerprint density at radius 3 is 2.65 bits per heavy atom. The van der Waals surface area contributed by atoms with Gasteiger partial charge in [0.15, 0.2) is 11.5 Å². The average Bonchev–Trinajstić information content (AvgIpc) is 3.65. The summed E-state index contributed by atoms with van der Waals surface area (Å²) in [6.45, 7) is 14.0. The molecule has 46 heavy (non-hydrogen) atoms. The van der Waals surface area contributed by atoms with Crippen molar-refractivity contribution < 1.29 is 18.3 Å². The number of hydrogen-bond donors (Lipinski definition) is 0. The highest BCUT2D eigenvalue weighted by molar-refractivity contribution is 6.36. The van der Waals surface area contributed by atoms with E-state index >= 15 is 0 Å². The van der Waals surface area contributed by atoms with Gasteiger partial charge in [0, 0.05) is 30.6 Å². The first kappa shape index (κ1) is 30.3. The highest BCUT2D eigenvalue weighted by Gasteiger charge is 2.45. The van der Waals surface area contributed by atoms with Crippen LogP contribution in [-0.2, 0) is 4.79 Å². The Bertz CT molecular complexity index is 1900. The molecule has 2 aromatic carbocycles. The lowest BCUT2D eigenvalue weighted by Crippen LogP contribution is -2.56. The third-order valence-electron chi connectivity index (χ3n) is 9.59. The minimum Gasteiger partial charge on any atom is -0.461 e. The van der Waals surface area contributed by atoms with Crippen LogP contribution in [-0.4, -0.2) is 88.1 Å². The van der Waals surface area contributed by atoms with Gasteiger partial charge in [0.2, 0.25) is 6.54 Å². The van der Waals surface area contributed by atoms with E-state index in [1.54, 1.807) is 6.07 Å². The minimum atomic E-state index is -1.05. The van der Waals surface area contributed by atoms with E-state index in [-0.39, 0.29) is 36.2 Å². The fraction of sp³-hybridized carbons (Fsp3) is 0.382. The third kappa shape index (κ3) is 5.29. The summed E-state index contributed by atoms with van der Waals surface area (Å²) in [6.07, 6.45) is 4.37. The molecule has 2 aromatic heterocycles. The van der Waals surface area contributed by atoms with Crippen LogP contribution in [0, 0.1) is 12.4 Å². The van der Waals surface area contributed by atoms with Crippen molar-refractivity contribution in [2.24, 2.45) is 0 Å².